The number of carbonyl (C=O) groups is 1. The summed E-state index contributed by atoms with van der Waals surface area (Å²) in [6.07, 6.45) is 1.76. The molecule has 0 spiro atoms. The van der Waals surface area contributed by atoms with E-state index in [0.29, 0.717) is 18.2 Å². The third-order valence-corrected chi connectivity index (χ3v) is 4.25. The largest absolute Gasteiger partial charge is 0.494 e. The van der Waals surface area contributed by atoms with E-state index in [1.54, 1.807) is 12.1 Å². The first kappa shape index (κ1) is 17.1. The number of hydrogen-bond acceptors (Lipinski definition) is 2. The molecule has 0 fully saturated rings. The Morgan fingerprint density at radius 1 is 1.09 bits per heavy atom. The van der Waals surface area contributed by atoms with Gasteiger partial charge in [-0.05, 0) is 71.8 Å². The lowest BCUT2D eigenvalue weighted by Gasteiger charge is -2.08. The summed E-state index contributed by atoms with van der Waals surface area (Å²) in [4.78, 5) is 12.0. The number of carbonyl (C=O) groups excluding carboxylic acids is 1. The number of halogens is 2. The first-order chi connectivity index (χ1) is 10.7. The normalized spacial score (nSPS) is 10.3. The van der Waals surface area contributed by atoms with Crippen molar-refractivity contribution in [1.29, 1.82) is 0 Å². The molecule has 1 N–H and O–H groups in total. The number of rotatable bonds is 7. The van der Waals surface area contributed by atoms with Crippen LogP contribution in [0.25, 0.3) is 0 Å². The first-order valence-corrected chi connectivity index (χ1v) is 8.53. The molecule has 0 saturated heterocycles. The van der Waals surface area contributed by atoms with E-state index >= 15 is 0 Å². The van der Waals surface area contributed by atoms with Gasteiger partial charge in [0.25, 0.3) is 5.91 Å². The summed E-state index contributed by atoms with van der Waals surface area (Å²) in [5, 5.41) is 3.63. The summed E-state index contributed by atoms with van der Waals surface area (Å²) in [6.45, 7) is 1.27. The van der Waals surface area contributed by atoms with Crippen molar-refractivity contribution >= 4 is 40.1 Å². The molecule has 2 rings (SSSR count). The Morgan fingerprint density at radius 3 is 2.55 bits per heavy atom. The molecule has 0 saturated carbocycles. The molecule has 0 aliphatic heterocycles. The van der Waals surface area contributed by atoms with Gasteiger partial charge in [0.15, 0.2) is 0 Å². The number of hydrogen-bond donors (Lipinski definition) is 1. The number of nitrogens with one attached hydrogen (secondary N) is 1. The molecule has 0 aliphatic rings. The fraction of sp³-hybridized carbons (Fsp3) is 0.235. The van der Waals surface area contributed by atoms with Crippen LogP contribution in [-0.4, -0.2) is 19.1 Å². The van der Waals surface area contributed by atoms with Crippen molar-refractivity contribution < 1.29 is 9.53 Å². The molecule has 0 heterocycles. The SMILES string of the molecule is O=C(NCCCCOc1ccc(Cl)cc1)c1ccccc1I. The maximum absolute atomic E-state index is 12.0. The molecule has 0 unspecified atom stereocenters. The molecular weight excluding hydrogens is 413 g/mol. The van der Waals surface area contributed by atoms with Crippen molar-refractivity contribution in [3.8, 4) is 5.75 Å². The van der Waals surface area contributed by atoms with Crippen molar-refractivity contribution in [1.82, 2.24) is 5.32 Å². The molecule has 0 bridgehead atoms. The van der Waals surface area contributed by atoms with Crippen molar-refractivity contribution in [3.63, 3.8) is 0 Å². The fourth-order valence-corrected chi connectivity index (χ4v) is 2.65. The molecule has 2 aromatic rings. The van der Waals surface area contributed by atoms with Crippen LogP contribution in [0.4, 0.5) is 0 Å². The van der Waals surface area contributed by atoms with E-state index in [2.05, 4.69) is 27.9 Å². The predicted octanol–water partition coefficient (Wildman–Crippen LogP) is 4.53. The van der Waals surface area contributed by atoms with Crippen LogP contribution in [0, 0.1) is 3.57 Å². The Kier molecular flexibility index (Phi) is 6.99. The summed E-state index contributed by atoms with van der Waals surface area (Å²) in [5.41, 5.74) is 0.723. The van der Waals surface area contributed by atoms with Gasteiger partial charge in [-0.3, -0.25) is 4.79 Å². The summed E-state index contributed by atoms with van der Waals surface area (Å²) >= 11 is 7.98. The average molecular weight is 430 g/mol. The van der Waals surface area contributed by atoms with Crippen LogP contribution in [0.15, 0.2) is 48.5 Å². The van der Waals surface area contributed by atoms with E-state index in [1.165, 1.54) is 0 Å². The van der Waals surface area contributed by atoms with Gasteiger partial charge in [-0.2, -0.15) is 0 Å². The van der Waals surface area contributed by atoms with Gasteiger partial charge in [0.1, 0.15) is 5.75 Å². The van der Waals surface area contributed by atoms with Gasteiger partial charge in [0.2, 0.25) is 0 Å². The highest BCUT2D eigenvalue weighted by molar-refractivity contribution is 14.1. The topological polar surface area (TPSA) is 38.3 Å². The lowest BCUT2D eigenvalue weighted by atomic mass is 10.2. The molecule has 1 amide bonds. The number of benzene rings is 2. The van der Waals surface area contributed by atoms with Crippen LogP contribution < -0.4 is 10.1 Å². The monoisotopic (exact) mass is 429 g/mol. The second kappa shape index (κ2) is 9.00. The van der Waals surface area contributed by atoms with Crippen LogP contribution >= 0.6 is 34.2 Å². The highest BCUT2D eigenvalue weighted by Crippen LogP contribution is 2.15. The summed E-state index contributed by atoms with van der Waals surface area (Å²) < 4.78 is 6.56. The zero-order valence-corrected chi connectivity index (χ0v) is 14.9. The number of unbranched alkanes of at least 4 members (excludes halogenated alkanes) is 1. The van der Waals surface area contributed by atoms with Crippen LogP contribution in [0.2, 0.25) is 5.02 Å². The van der Waals surface area contributed by atoms with Crippen LogP contribution in [0.3, 0.4) is 0 Å². The van der Waals surface area contributed by atoms with Crippen molar-refractivity contribution in [2.45, 2.75) is 12.8 Å². The second-order valence-corrected chi connectivity index (χ2v) is 6.34. The zero-order valence-electron chi connectivity index (χ0n) is 12.0. The van der Waals surface area contributed by atoms with Gasteiger partial charge >= 0.3 is 0 Å². The van der Waals surface area contributed by atoms with Crippen LogP contribution in [0.1, 0.15) is 23.2 Å². The van der Waals surface area contributed by atoms with Crippen LogP contribution in [0.5, 0.6) is 5.75 Å². The van der Waals surface area contributed by atoms with Crippen LogP contribution in [-0.2, 0) is 0 Å². The van der Waals surface area contributed by atoms with Gasteiger partial charge in [-0.25, -0.2) is 0 Å². The maximum Gasteiger partial charge on any atom is 0.252 e. The van der Waals surface area contributed by atoms with Gasteiger partial charge in [0.05, 0.1) is 12.2 Å². The second-order valence-electron chi connectivity index (χ2n) is 4.75. The minimum absolute atomic E-state index is 0.0244. The Labute approximate surface area is 149 Å². The molecule has 5 heteroatoms. The molecule has 2 aromatic carbocycles. The molecule has 0 radical (unpaired) electrons. The minimum Gasteiger partial charge on any atom is -0.494 e. The molecule has 3 nitrogen and oxygen atoms in total. The predicted molar refractivity (Wildman–Crippen MR) is 97.7 cm³/mol. The zero-order chi connectivity index (χ0) is 15.8. The summed E-state index contributed by atoms with van der Waals surface area (Å²) in [5.74, 6) is 0.788. The first-order valence-electron chi connectivity index (χ1n) is 7.08. The van der Waals surface area contributed by atoms with E-state index < -0.39 is 0 Å². The third kappa shape index (κ3) is 5.50. The highest BCUT2D eigenvalue weighted by Gasteiger charge is 2.07. The van der Waals surface area contributed by atoms with Gasteiger partial charge in [-0.1, -0.05) is 23.7 Å². The van der Waals surface area contributed by atoms with E-state index in [0.717, 1.165) is 27.7 Å². The Bertz CT molecular complexity index is 616. The maximum atomic E-state index is 12.0. The standard InChI is InChI=1S/C17H17ClINO2/c18-13-7-9-14(10-8-13)22-12-4-3-11-20-17(21)15-5-1-2-6-16(15)19/h1-2,5-10H,3-4,11-12H2,(H,20,21). The fourth-order valence-electron chi connectivity index (χ4n) is 1.89. The van der Waals surface area contributed by atoms with Crippen molar-refractivity contribution in [2.24, 2.45) is 0 Å². The van der Waals surface area contributed by atoms with Crippen molar-refractivity contribution in [2.75, 3.05) is 13.2 Å². The highest BCUT2D eigenvalue weighted by atomic mass is 127. The molecular formula is C17H17ClINO2. The van der Waals surface area contributed by atoms with Gasteiger partial charge < -0.3 is 10.1 Å². The van der Waals surface area contributed by atoms with Gasteiger partial charge in [-0.15, -0.1) is 0 Å². The van der Waals surface area contributed by atoms with E-state index in [4.69, 9.17) is 16.3 Å². The van der Waals surface area contributed by atoms with E-state index in [1.807, 2.05) is 36.4 Å². The summed E-state index contributed by atoms with van der Waals surface area (Å²) in [7, 11) is 0. The number of amides is 1. The van der Waals surface area contributed by atoms with E-state index in [9.17, 15) is 4.79 Å². The van der Waals surface area contributed by atoms with Gasteiger partial charge in [0, 0.05) is 15.1 Å². The Morgan fingerprint density at radius 2 is 1.82 bits per heavy atom. The third-order valence-electron chi connectivity index (χ3n) is 3.06. The Hall–Kier alpha value is -1.27. The number of ether oxygens (including phenoxy) is 1. The summed E-state index contributed by atoms with van der Waals surface area (Å²) in [6, 6.07) is 14.9. The van der Waals surface area contributed by atoms with Crippen molar-refractivity contribution in [3.05, 3.63) is 62.7 Å². The molecule has 0 atom stereocenters. The molecule has 0 aliphatic carbocycles. The lowest BCUT2D eigenvalue weighted by molar-refractivity contribution is 0.0951. The molecule has 22 heavy (non-hydrogen) atoms. The quantitative estimate of drug-likeness (QED) is 0.519. The molecule has 116 valence electrons. The average Bonchev–Trinajstić information content (AvgIpc) is 2.52. The lowest BCUT2D eigenvalue weighted by Crippen LogP contribution is -2.25. The minimum atomic E-state index is -0.0244. The molecule has 0 aromatic heterocycles. The van der Waals surface area contributed by atoms with E-state index in [-0.39, 0.29) is 5.91 Å². The Balaban J connectivity index is 1.62. The smallest absolute Gasteiger partial charge is 0.252 e.